The van der Waals surface area contributed by atoms with Crippen LogP contribution in [0.3, 0.4) is 0 Å². The average molecular weight is 235 g/mol. The molecule has 0 atom stereocenters. The van der Waals surface area contributed by atoms with E-state index >= 15 is 0 Å². The third-order valence-electron chi connectivity index (χ3n) is 3.53. The van der Waals surface area contributed by atoms with E-state index in [2.05, 4.69) is 10.3 Å². The highest BCUT2D eigenvalue weighted by Crippen LogP contribution is 2.28. The molecular weight excluding hydrogens is 214 g/mol. The first-order chi connectivity index (χ1) is 8.09. The van der Waals surface area contributed by atoms with Crippen LogP contribution in [0, 0.1) is 6.92 Å². The summed E-state index contributed by atoms with van der Waals surface area (Å²) in [6.07, 6.45) is 6.89. The third-order valence-corrected chi connectivity index (χ3v) is 3.53. The molecular formula is C13H21N3O. The first-order valence-electron chi connectivity index (χ1n) is 6.27. The van der Waals surface area contributed by atoms with Crippen molar-refractivity contribution in [1.82, 2.24) is 4.98 Å². The lowest BCUT2D eigenvalue weighted by molar-refractivity contribution is 0.0166. The normalized spacial score (nSPS) is 18.9. The van der Waals surface area contributed by atoms with E-state index in [0.717, 1.165) is 37.1 Å². The van der Waals surface area contributed by atoms with Gasteiger partial charge in [-0.1, -0.05) is 19.3 Å². The second kappa shape index (κ2) is 4.92. The predicted molar refractivity (Wildman–Crippen MR) is 69.9 cm³/mol. The van der Waals surface area contributed by atoms with Crippen LogP contribution in [0.1, 0.15) is 37.7 Å². The summed E-state index contributed by atoms with van der Waals surface area (Å²) in [7, 11) is 0. The SMILES string of the molecule is Cc1cc(NCC2(O)CCCCC2)ncc1N. The molecule has 4 N–H and O–H groups in total. The van der Waals surface area contributed by atoms with Gasteiger partial charge in [0.25, 0.3) is 0 Å². The minimum absolute atomic E-state index is 0.560. The Morgan fingerprint density at radius 2 is 2.12 bits per heavy atom. The monoisotopic (exact) mass is 235 g/mol. The second-order valence-corrected chi connectivity index (χ2v) is 5.06. The summed E-state index contributed by atoms with van der Waals surface area (Å²) in [5.41, 5.74) is 6.87. The molecule has 1 aliphatic carbocycles. The van der Waals surface area contributed by atoms with E-state index in [-0.39, 0.29) is 0 Å². The first kappa shape index (κ1) is 12.2. The summed E-state index contributed by atoms with van der Waals surface area (Å²) in [6.45, 7) is 2.53. The molecule has 1 aromatic heterocycles. The van der Waals surface area contributed by atoms with Crippen LogP contribution < -0.4 is 11.1 Å². The van der Waals surface area contributed by atoms with E-state index in [1.807, 2.05) is 13.0 Å². The minimum Gasteiger partial charge on any atom is -0.397 e. The van der Waals surface area contributed by atoms with E-state index in [1.54, 1.807) is 6.20 Å². The van der Waals surface area contributed by atoms with Crippen molar-refractivity contribution < 1.29 is 5.11 Å². The average Bonchev–Trinajstić information content (AvgIpc) is 2.32. The van der Waals surface area contributed by atoms with Crippen LogP contribution in [-0.2, 0) is 0 Å². The fourth-order valence-corrected chi connectivity index (χ4v) is 2.31. The molecule has 0 radical (unpaired) electrons. The molecule has 1 aliphatic rings. The van der Waals surface area contributed by atoms with E-state index in [1.165, 1.54) is 6.42 Å². The molecule has 94 valence electrons. The van der Waals surface area contributed by atoms with Gasteiger partial charge in [0, 0.05) is 6.54 Å². The largest absolute Gasteiger partial charge is 0.397 e. The summed E-state index contributed by atoms with van der Waals surface area (Å²) in [5, 5.41) is 13.5. The number of hydrogen-bond donors (Lipinski definition) is 3. The fraction of sp³-hybridized carbons (Fsp3) is 0.615. The van der Waals surface area contributed by atoms with E-state index in [0.29, 0.717) is 12.2 Å². The Morgan fingerprint density at radius 1 is 1.41 bits per heavy atom. The van der Waals surface area contributed by atoms with Crippen molar-refractivity contribution in [1.29, 1.82) is 0 Å². The fourth-order valence-electron chi connectivity index (χ4n) is 2.31. The molecule has 0 saturated heterocycles. The van der Waals surface area contributed by atoms with Crippen molar-refractivity contribution >= 4 is 11.5 Å². The summed E-state index contributed by atoms with van der Waals surface area (Å²) in [5.74, 6) is 0.788. The summed E-state index contributed by atoms with van der Waals surface area (Å²) >= 11 is 0. The molecule has 4 heteroatoms. The van der Waals surface area contributed by atoms with Gasteiger partial charge < -0.3 is 16.2 Å². The van der Waals surface area contributed by atoms with Gasteiger partial charge in [-0.2, -0.15) is 0 Å². The summed E-state index contributed by atoms with van der Waals surface area (Å²) in [6, 6.07) is 1.92. The number of aromatic nitrogens is 1. The van der Waals surface area contributed by atoms with Crippen molar-refractivity contribution in [2.75, 3.05) is 17.6 Å². The Bertz CT molecular complexity index is 386. The number of anilines is 2. The maximum atomic E-state index is 10.3. The molecule has 4 nitrogen and oxygen atoms in total. The van der Waals surface area contributed by atoms with Gasteiger partial charge in [-0.25, -0.2) is 4.98 Å². The highest BCUT2D eigenvalue weighted by Gasteiger charge is 2.28. The Kier molecular flexibility index (Phi) is 3.52. The van der Waals surface area contributed by atoms with Crippen molar-refractivity contribution in [3.05, 3.63) is 17.8 Å². The van der Waals surface area contributed by atoms with Gasteiger partial charge in [-0.15, -0.1) is 0 Å². The minimum atomic E-state index is -0.560. The van der Waals surface area contributed by atoms with Gasteiger partial charge in [0.05, 0.1) is 17.5 Å². The molecule has 1 saturated carbocycles. The lowest BCUT2D eigenvalue weighted by Gasteiger charge is -2.32. The van der Waals surface area contributed by atoms with Gasteiger partial charge in [0.2, 0.25) is 0 Å². The van der Waals surface area contributed by atoms with Gasteiger partial charge in [0.15, 0.2) is 0 Å². The number of nitrogens with one attached hydrogen (secondary N) is 1. The smallest absolute Gasteiger partial charge is 0.126 e. The Labute approximate surface area is 102 Å². The quantitative estimate of drug-likeness (QED) is 0.750. The number of rotatable bonds is 3. The zero-order valence-corrected chi connectivity index (χ0v) is 10.4. The maximum Gasteiger partial charge on any atom is 0.126 e. The van der Waals surface area contributed by atoms with Gasteiger partial charge in [0.1, 0.15) is 5.82 Å². The van der Waals surface area contributed by atoms with Gasteiger partial charge >= 0.3 is 0 Å². The highest BCUT2D eigenvalue weighted by atomic mass is 16.3. The van der Waals surface area contributed by atoms with Crippen molar-refractivity contribution in [2.24, 2.45) is 0 Å². The van der Waals surface area contributed by atoms with Crippen molar-refractivity contribution in [3.8, 4) is 0 Å². The molecule has 1 heterocycles. The van der Waals surface area contributed by atoms with Crippen LogP contribution in [0.25, 0.3) is 0 Å². The highest BCUT2D eigenvalue weighted by molar-refractivity contribution is 5.50. The summed E-state index contributed by atoms with van der Waals surface area (Å²) < 4.78 is 0. The van der Waals surface area contributed by atoms with Crippen LogP contribution in [-0.4, -0.2) is 22.2 Å². The lowest BCUT2D eigenvalue weighted by Crippen LogP contribution is -2.38. The lowest BCUT2D eigenvalue weighted by atomic mass is 9.85. The van der Waals surface area contributed by atoms with Crippen molar-refractivity contribution in [2.45, 2.75) is 44.6 Å². The van der Waals surface area contributed by atoms with Crippen LogP contribution in [0.5, 0.6) is 0 Å². The predicted octanol–water partition coefficient (Wildman–Crippen LogP) is 2.08. The molecule has 0 aromatic carbocycles. The molecule has 0 bridgehead atoms. The number of nitrogens with two attached hydrogens (primary N) is 1. The number of hydrogen-bond acceptors (Lipinski definition) is 4. The van der Waals surface area contributed by atoms with Crippen LogP contribution >= 0.6 is 0 Å². The standard InChI is InChI=1S/C13H21N3O/c1-10-7-12(15-8-11(10)14)16-9-13(17)5-3-2-4-6-13/h7-8,17H,2-6,9,14H2,1H3,(H,15,16). The molecule has 17 heavy (non-hydrogen) atoms. The van der Waals surface area contributed by atoms with Crippen LogP contribution in [0.4, 0.5) is 11.5 Å². The Morgan fingerprint density at radius 3 is 2.76 bits per heavy atom. The number of nitrogens with zero attached hydrogens (tertiary/aromatic N) is 1. The van der Waals surface area contributed by atoms with Crippen LogP contribution in [0.2, 0.25) is 0 Å². The van der Waals surface area contributed by atoms with Crippen LogP contribution in [0.15, 0.2) is 12.3 Å². The Balaban J connectivity index is 1.94. The summed E-state index contributed by atoms with van der Waals surface area (Å²) in [4.78, 5) is 4.21. The van der Waals surface area contributed by atoms with E-state index in [4.69, 9.17) is 5.73 Å². The first-order valence-corrected chi connectivity index (χ1v) is 6.27. The Hall–Kier alpha value is -1.29. The molecule has 1 fully saturated rings. The number of aryl methyl sites for hydroxylation is 1. The third kappa shape index (κ3) is 3.09. The molecule has 0 unspecified atom stereocenters. The van der Waals surface area contributed by atoms with Crippen molar-refractivity contribution in [3.63, 3.8) is 0 Å². The van der Waals surface area contributed by atoms with Gasteiger partial charge in [-0.3, -0.25) is 0 Å². The molecule has 0 amide bonds. The zero-order valence-electron chi connectivity index (χ0n) is 10.4. The second-order valence-electron chi connectivity index (χ2n) is 5.06. The maximum absolute atomic E-state index is 10.3. The number of aliphatic hydroxyl groups is 1. The zero-order chi connectivity index (χ0) is 12.3. The topological polar surface area (TPSA) is 71.2 Å². The number of pyridine rings is 1. The molecule has 0 aliphatic heterocycles. The molecule has 2 rings (SSSR count). The van der Waals surface area contributed by atoms with E-state index < -0.39 is 5.60 Å². The molecule has 0 spiro atoms. The van der Waals surface area contributed by atoms with Gasteiger partial charge in [-0.05, 0) is 31.4 Å². The molecule has 1 aromatic rings. The number of nitrogen functional groups attached to an aromatic ring is 1. The van der Waals surface area contributed by atoms with E-state index in [9.17, 15) is 5.11 Å².